The lowest BCUT2D eigenvalue weighted by molar-refractivity contribution is -0.167. The van der Waals surface area contributed by atoms with E-state index >= 15 is 0 Å². The van der Waals surface area contributed by atoms with Gasteiger partial charge in [0.05, 0.1) is 13.2 Å². The van der Waals surface area contributed by atoms with Crippen LogP contribution in [-0.4, -0.2) is 25.2 Å². The van der Waals surface area contributed by atoms with Crippen molar-refractivity contribution in [3.8, 4) is 0 Å². The van der Waals surface area contributed by atoms with Crippen molar-refractivity contribution in [3.63, 3.8) is 0 Å². The standard InChI is InChI=1S/C16H30O4/c1-3-5-6-7-8-9-10-11-12-14-20-16(18)15(17)19-13-4-2/h3-14H2,1-2H3. The molecule has 118 valence electrons. The number of carbonyl (C=O) groups is 2. The predicted octanol–water partition coefficient (Wildman–Crippen LogP) is 4.01. The number of unbranched alkanes of at least 4 members (excludes halogenated alkanes) is 8. The van der Waals surface area contributed by atoms with Crippen LogP contribution < -0.4 is 0 Å². The molecule has 0 rings (SSSR count). The van der Waals surface area contributed by atoms with Gasteiger partial charge in [-0.25, -0.2) is 9.59 Å². The van der Waals surface area contributed by atoms with E-state index in [1.807, 2.05) is 6.92 Å². The lowest BCUT2D eigenvalue weighted by atomic mass is 10.1. The number of ether oxygens (including phenoxy) is 2. The van der Waals surface area contributed by atoms with Gasteiger partial charge in [0.2, 0.25) is 0 Å². The lowest BCUT2D eigenvalue weighted by Crippen LogP contribution is -2.21. The van der Waals surface area contributed by atoms with Crippen LogP contribution in [0.1, 0.15) is 78.1 Å². The molecule has 0 unspecified atom stereocenters. The van der Waals surface area contributed by atoms with Gasteiger partial charge in [0.15, 0.2) is 0 Å². The van der Waals surface area contributed by atoms with E-state index in [-0.39, 0.29) is 6.61 Å². The molecule has 0 aliphatic heterocycles. The molecule has 0 atom stereocenters. The van der Waals surface area contributed by atoms with Crippen molar-refractivity contribution in [2.75, 3.05) is 13.2 Å². The summed E-state index contributed by atoms with van der Waals surface area (Å²) in [4.78, 5) is 22.3. The van der Waals surface area contributed by atoms with E-state index in [0.29, 0.717) is 13.0 Å². The molecule has 0 amide bonds. The summed E-state index contributed by atoms with van der Waals surface area (Å²) in [6, 6.07) is 0. The Labute approximate surface area is 123 Å². The molecule has 0 saturated carbocycles. The van der Waals surface area contributed by atoms with E-state index in [1.165, 1.54) is 44.9 Å². The van der Waals surface area contributed by atoms with Crippen molar-refractivity contribution in [2.45, 2.75) is 78.1 Å². The molecule has 0 N–H and O–H groups in total. The minimum absolute atomic E-state index is 0.270. The van der Waals surface area contributed by atoms with Crippen LogP contribution in [0.5, 0.6) is 0 Å². The highest BCUT2D eigenvalue weighted by Gasteiger charge is 2.16. The predicted molar refractivity (Wildman–Crippen MR) is 79.4 cm³/mol. The minimum atomic E-state index is -0.872. The molecule has 0 saturated heterocycles. The van der Waals surface area contributed by atoms with Gasteiger partial charge >= 0.3 is 11.9 Å². The van der Waals surface area contributed by atoms with Gasteiger partial charge in [0, 0.05) is 0 Å². The van der Waals surface area contributed by atoms with E-state index < -0.39 is 11.9 Å². The highest BCUT2D eigenvalue weighted by Crippen LogP contribution is 2.09. The number of carbonyl (C=O) groups excluding carboxylic acids is 2. The van der Waals surface area contributed by atoms with Crippen molar-refractivity contribution in [1.82, 2.24) is 0 Å². The number of hydrogen-bond acceptors (Lipinski definition) is 4. The first-order valence-electron chi connectivity index (χ1n) is 8.06. The molecule has 0 aromatic carbocycles. The molecule has 20 heavy (non-hydrogen) atoms. The summed E-state index contributed by atoms with van der Waals surface area (Å²) in [5.41, 5.74) is 0. The van der Waals surface area contributed by atoms with Crippen LogP contribution in [0, 0.1) is 0 Å². The van der Waals surface area contributed by atoms with Crippen LogP contribution in [0.4, 0.5) is 0 Å². The zero-order valence-corrected chi connectivity index (χ0v) is 13.1. The van der Waals surface area contributed by atoms with Crippen LogP contribution >= 0.6 is 0 Å². The molecule has 0 aliphatic rings. The summed E-state index contributed by atoms with van der Waals surface area (Å²) < 4.78 is 9.53. The Morgan fingerprint density at radius 2 is 1.05 bits per heavy atom. The Hall–Kier alpha value is -1.06. The van der Waals surface area contributed by atoms with E-state index in [4.69, 9.17) is 4.74 Å². The smallest absolute Gasteiger partial charge is 0.417 e. The Balaban J connectivity index is 3.27. The molecule has 0 aromatic heterocycles. The first kappa shape index (κ1) is 18.9. The molecular weight excluding hydrogens is 256 g/mol. The first-order chi connectivity index (χ1) is 9.72. The molecule has 4 heteroatoms. The van der Waals surface area contributed by atoms with Crippen LogP contribution in [0.3, 0.4) is 0 Å². The van der Waals surface area contributed by atoms with E-state index in [1.54, 1.807) is 0 Å². The van der Waals surface area contributed by atoms with E-state index in [0.717, 1.165) is 12.8 Å². The second-order valence-corrected chi connectivity index (χ2v) is 5.10. The average Bonchev–Trinajstić information content (AvgIpc) is 2.46. The summed E-state index contributed by atoms with van der Waals surface area (Å²) in [6.45, 7) is 4.68. The van der Waals surface area contributed by atoms with Gasteiger partial charge < -0.3 is 9.47 Å². The summed E-state index contributed by atoms with van der Waals surface area (Å²) >= 11 is 0. The van der Waals surface area contributed by atoms with Gasteiger partial charge in [0.1, 0.15) is 0 Å². The van der Waals surface area contributed by atoms with Crippen LogP contribution in [0.15, 0.2) is 0 Å². The summed E-state index contributed by atoms with van der Waals surface area (Å²) in [7, 11) is 0. The zero-order valence-electron chi connectivity index (χ0n) is 13.1. The SMILES string of the molecule is CCCCCCCCCCCOC(=O)C(=O)OCCC. The fourth-order valence-corrected chi connectivity index (χ4v) is 1.89. The van der Waals surface area contributed by atoms with E-state index in [9.17, 15) is 9.59 Å². The molecule has 4 nitrogen and oxygen atoms in total. The fourth-order valence-electron chi connectivity index (χ4n) is 1.89. The Morgan fingerprint density at radius 3 is 1.55 bits per heavy atom. The molecule has 0 heterocycles. The van der Waals surface area contributed by atoms with Crippen LogP contribution in [0.25, 0.3) is 0 Å². The third-order valence-corrected chi connectivity index (χ3v) is 3.08. The molecule has 0 aromatic rings. The zero-order chi connectivity index (χ0) is 15.1. The van der Waals surface area contributed by atoms with Crippen molar-refractivity contribution in [3.05, 3.63) is 0 Å². The first-order valence-corrected chi connectivity index (χ1v) is 8.06. The van der Waals surface area contributed by atoms with Crippen molar-refractivity contribution in [1.29, 1.82) is 0 Å². The van der Waals surface area contributed by atoms with Crippen LogP contribution in [0.2, 0.25) is 0 Å². The van der Waals surface area contributed by atoms with Gasteiger partial charge in [-0.1, -0.05) is 65.2 Å². The van der Waals surface area contributed by atoms with Crippen molar-refractivity contribution >= 4 is 11.9 Å². The molecule has 0 aliphatic carbocycles. The maximum Gasteiger partial charge on any atom is 0.417 e. The number of hydrogen-bond donors (Lipinski definition) is 0. The monoisotopic (exact) mass is 286 g/mol. The molecule has 0 spiro atoms. The highest BCUT2D eigenvalue weighted by molar-refractivity contribution is 6.29. The largest absolute Gasteiger partial charge is 0.457 e. The number of rotatable bonds is 12. The van der Waals surface area contributed by atoms with Gasteiger partial charge in [-0.3, -0.25) is 0 Å². The molecule has 0 fully saturated rings. The van der Waals surface area contributed by atoms with Gasteiger partial charge in [-0.2, -0.15) is 0 Å². The summed E-state index contributed by atoms with van der Waals surface area (Å²) in [5.74, 6) is -1.74. The lowest BCUT2D eigenvalue weighted by Gasteiger charge is -2.05. The highest BCUT2D eigenvalue weighted by atomic mass is 16.6. The van der Waals surface area contributed by atoms with Gasteiger partial charge in [-0.05, 0) is 12.8 Å². The minimum Gasteiger partial charge on any atom is -0.457 e. The Morgan fingerprint density at radius 1 is 0.600 bits per heavy atom. The van der Waals surface area contributed by atoms with Crippen molar-refractivity contribution in [2.24, 2.45) is 0 Å². The average molecular weight is 286 g/mol. The Bertz CT molecular complexity index is 251. The van der Waals surface area contributed by atoms with E-state index in [2.05, 4.69) is 11.7 Å². The maximum atomic E-state index is 11.2. The quantitative estimate of drug-likeness (QED) is 0.309. The van der Waals surface area contributed by atoms with Gasteiger partial charge in [-0.15, -0.1) is 0 Å². The second-order valence-electron chi connectivity index (χ2n) is 5.10. The summed E-state index contributed by atoms with van der Waals surface area (Å²) in [5, 5.41) is 0. The second kappa shape index (κ2) is 14.4. The van der Waals surface area contributed by atoms with Gasteiger partial charge in [0.25, 0.3) is 0 Å². The fraction of sp³-hybridized carbons (Fsp3) is 0.875. The molecule has 0 radical (unpaired) electrons. The normalized spacial score (nSPS) is 10.3. The third kappa shape index (κ3) is 12.0. The van der Waals surface area contributed by atoms with Crippen LogP contribution in [-0.2, 0) is 19.1 Å². The third-order valence-electron chi connectivity index (χ3n) is 3.08. The molecule has 0 bridgehead atoms. The Kier molecular flexibility index (Phi) is 13.6. The molecular formula is C16H30O4. The topological polar surface area (TPSA) is 52.6 Å². The van der Waals surface area contributed by atoms with Crippen molar-refractivity contribution < 1.29 is 19.1 Å². The maximum absolute atomic E-state index is 11.2. The number of esters is 2. The summed E-state index contributed by atoms with van der Waals surface area (Å²) in [6.07, 6.45) is 11.6.